The summed E-state index contributed by atoms with van der Waals surface area (Å²) >= 11 is 0. The van der Waals surface area contributed by atoms with E-state index in [0.29, 0.717) is 11.3 Å². The second-order valence-electron chi connectivity index (χ2n) is 7.56. The molecule has 3 aromatic carbocycles. The summed E-state index contributed by atoms with van der Waals surface area (Å²) in [4.78, 5) is 27.6. The standard InChI is InChI=1S/C26H23NO4/c1-17-7-6-10-20(15-17)23-22(24(28)19-8-4-3-5-9-19)25(29)26(30)27(23)16-18-11-13-21(31-2)14-12-18/h3-15,23,28H,16H2,1-2H3/b24-22-. The number of hydrogen-bond donors (Lipinski definition) is 1. The second-order valence-corrected chi connectivity index (χ2v) is 7.56. The van der Waals surface area contributed by atoms with Gasteiger partial charge in [-0.05, 0) is 30.2 Å². The van der Waals surface area contributed by atoms with Crippen LogP contribution < -0.4 is 4.74 Å². The monoisotopic (exact) mass is 413 g/mol. The van der Waals surface area contributed by atoms with Crippen molar-refractivity contribution in [3.8, 4) is 5.75 Å². The molecule has 1 amide bonds. The van der Waals surface area contributed by atoms with Crippen molar-refractivity contribution in [1.29, 1.82) is 0 Å². The maximum absolute atomic E-state index is 13.1. The Bertz CT molecular complexity index is 1150. The lowest BCUT2D eigenvalue weighted by atomic mass is 9.94. The fraction of sp³-hybridized carbons (Fsp3) is 0.154. The molecule has 1 saturated heterocycles. The quantitative estimate of drug-likeness (QED) is 0.376. The van der Waals surface area contributed by atoms with E-state index in [2.05, 4.69) is 0 Å². The summed E-state index contributed by atoms with van der Waals surface area (Å²) in [5.41, 5.74) is 3.26. The first-order valence-corrected chi connectivity index (χ1v) is 10.0. The van der Waals surface area contributed by atoms with Crippen LogP contribution in [0.15, 0.2) is 84.4 Å². The molecule has 1 heterocycles. The number of likely N-dealkylation sites (tertiary alicyclic amines) is 1. The number of ketones is 1. The van der Waals surface area contributed by atoms with E-state index in [1.54, 1.807) is 31.4 Å². The van der Waals surface area contributed by atoms with Gasteiger partial charge in [-0.1, -0.05) is 72.3 Å². The molecular weight excluding hydrogens is 390 g/mol. The van der Waals surface area contributed by atoms with Crippen molar-refractivity contribution in [3.05, 3.63) is 107 Å². The van der Waals surface area contributed by atoms with Crippen LogP contribution in [0.2, 0.25) is 0 Å². The molecule has 0 spiro atoms. The Hall–Kier alpha value is -3.86. The topological polar surface area (TPSA) is 66.8 Å². The van der Waals surface area contributed by atoms with Crippen LogP contribution in [0.5, 0.6) is 5.75 Å². The van der Waals surface area contributed by atoms with Gasteiger partial charge in [-0.3, -0.25) is 9.59 Å². The van der Waals surface area contributed by atoms with Crippen LogP contribution in [0.25, 0.3) is 5.76 Å². The largest absolute Gasteiger partial charge is 0.507 e. The van der Waals surface area contributed by atoms with Crippen molar-refractivity contribution in [2.45, 2.75) is 19.5 Å². The molecule has 0 aromatic heterocycles. The first kappa shape index (κ1) is 20.4. The van der Waals surface area contributed by atoms with Crippen LogP contribution >= 0.6 is 0 Å². The van der Waals surface area contributed by atoms with Crippen molar-refractivity contribution in [3.63, 3.8) is 0 Å². The fourth-order valence-electron chi connectivity index (χ4n) is 3.91. The molecule has 1 unspecified atom stereocenters. The average molecular weight is 413 g/mol. The highest BCUT2D eigenvalue weighted by Crippen LogP contribution is 2.40. The van der Waals surface area contributed by atoms with E-state index in [1.165, 1.54) is 4.90 Å². The number of aryl methyl sites for hydroxylation is 1. The lowest BCUT2D eigenvalue weighted by molar-refractivity contribution is -0.140. The number of methoxy groups -OCH3 is 1. The summed E-state index contributed by atoms with van der Waals surface area (Å²) < 4.78 is 5.20. The number of aliphatic hydroxyl groups excluding tert-OH is 1. The molecule has 1 aliphatic heterocycles. The smallest absolute Gasteiger partial charge is 0.295 e. The number of amides is 1. The third-order valence-electron chi connectivity index (χ3n) is 5.46. The van der Waals surface area contributed by atoms with Gasteiger partial charge in [0.15, 0.2) is 0 Å². The van der Waals surface area contributed by atoms with Gasteiger partial charge in [0.05, 0.1) is 18.7 Å². The molecule has 4 rings (SSSR count). The van der Waals surface area contributed by atoms with E-state index >= 15 is 0 Å². The molecule has 31 heavy (non-hydrogen) atoms. The Kier molecular flexibility index (Phi) is 5.58. The van der Waals surface area contributed by atoms with Crippen molar-refractivity contribution in [2.75, 3.05) is 7.11 Å². The van der Waals surface area contributed by atoms with Gasteiger partial charge in [0, 0.05) is 12.1 Å². The number of aliphatic hydroxyl groups is 1. The average Bonchev–Trinajstić information content (AvgIpc) is 3.04. The minimum atomic E-state index is -0.679. The van der Waals surface area contributed by atoms with Crippen molar-refractivity contribution >= 4 is 17.4 Å². The fourth-order valence-corrected chi connectivity index (χ4v) is 3.91. The summed E-state index contributed by atoms with van der Waals surface area (Å²) in [6, 6.07) is 23.2. The number of nitrogens with zero attached hydrogens (tertiary/aromatic N) is 1. The van der Waals surface area contributed by atoms with Crippen LogP contribution in [0.4, 0.5) is 0 Å². The third kappa shape index (κ3) is 3.94. The number of carbonyl (C=O) groups is 2. The van der Waals surface area contributed by atoms with Crippen LogP contribution in [-0.2, 0) is 16.1 Å². The SMILES string of the molecule is COc1ccc(CN2C(=O)C(=O)/C(=C(\O)c3ccccc3)C2c2cccc(C)c2)cc1. The van der Waals surface area contributed by atoms with Gasteiger partial charge >= 0.3 is 0 Å². The Morgan fingerprint density at radius 1 is 0.968 bits per heavy atom. The summed E-state index contributed by atoms with van der Waals surface area (Å²) in [6.45, 7) is 2.19. The minimum Gasteiger partial charge on any atom is -0.507 e. The highest BCUT2D eigenvalue weighted by atomic mass is 16.5. The minimum absolute atomic E-state index is 0.107. The molecule has 5 nitrogen and oxygen atoms in total. The summed E-state index contributed by atoms with van der Waals surface area (Å²) in [6.07, 6.45) is 0. The van der Waals surface area contributed by atoms with Crippen LogP contribution in [0.3, 0.4) is 0 Å². The molecule has 1 atom stereocenters. The predicted octanol–water partition coefficient (Wildman–Crippen LogP) is 4.63. The van der Waals surface area contributed by atoms with Gasteiger partial charge in [-0.15, -0.1) is 0 Å². The predicted molar refractivity (Wildman–Crippen MR) is 118 cm³/mol. The molecule has 156 valence electrons. The molecule has 1 N–H and O–H groups in total. The first-order valence-electron chi connectivity index (χ1n) is 10.0. The molecule has 0 saturated carbocycles. The lowest BCUT2D eigenvalue weighted by Gasteiger charge is -2.26. The van der Waals surface area contributed by atoms with Crippen LogP contribution in [0, 0.1) is 6.92 Å². The molecular formula is C26H23NO4. The Morgan fingerprint density at radius 2 is 1.68 bits per heavy atom. The maximum atomic E-state index is 13.1. The summed E-state index contributed by atoms with van der Waals surface area (Å²) in [7, 11) is 1.59. The normalized spacial score (nSPS) is 17.7. The number of Topliss-reactive ketones (excluding diaryl/α,β-unsaturated/α-hetero) is 1. The zero-order chi connectivity index (χ0) is 22.0. The van der Waals surface area contributed by atoms with E-state index in [1.807, 2.05) is 61.5 Å². The van der Waals surface area contributed by atoms with E-state index in [-0.39, 0.29) is 17.9 Å². The number of benzene rings is 3. The molecule has 0 bridgehead atoms. The Labute approximate surface area is 181 Å². The van der Waals surface area contributed by atoms with E-state index in [0.717, 1.165) is 16.7 Å². The number of ether oxygens (including phenoxy) is 1. The molecule has 0 aliphatic carbocycles. The third-order valence-corrected chi connectivity index (χ3v) is 5.46. The summed E-state index contributed by atoms with van der Waals surface area (Å²) in [5.74, 6) is -0.756. The van der Waals surface area contributed by atoms with Crippen LogP contribution in [-0.4, -0.2) is 28.8 Å². The molecule has 5 heteroatoms. The Morgan fingerprint density at radius 3 is 2.32 bits per heavy atom. The highest BCUT2D eigenvalue weighted by molar-refractivity contribution is 6.46. The van der Waals surface area contributed by atoms with Gasteiger partial charge in [0.1, 0.15) is 11.5 Å². The highest BCUT2D eigenvalue weighted by Gasteiger charge is 2.46. The zero-order valence-electron chi connectivity index (χ0n) is 17.4. The van der Waals surface area contributed by atoms with Gasteiger partial charge in [0.2, 0.25) is 0 Å². The summed E-state index contributed by atoms with van der Waals surface area (Å²) in [5, 5.41) is 11.0. The number of hydrogen-bond acceptors (Lipinski definition) is 4. The number of carbonyl (C=O) groups excluding carboxylic acids is 2. The van der Waals surface area contributed by atoms with Gasteiger partial charge in [-0.25, -0.2) is 0 Å². The lowest BCUT2D eigenvalue weighted by Crippen LogP contribution is -2.29. The van der Waals surface area contributed by atoms with Gasteiger partial charge in [0.25, 0.3) is 11.7 Å². The molecule has 0 radical (unpaired) electrons. The van der Waals surface area contributed by atoms with Crippen molar-refractivity contribution in [2.24, 2.45) is 0 Å². The van der Waals surface area contributed by atoms with Crippen molar-refractivity contribution in [1.82, 2.24) is 4.90 Å². The van der Waals surface area contributed by atoms with Gasteiger partial charge in [-0.2, -0.15) is 0 Å². The van der Waals surface area contributed by atoms with Crippen LogP contribution in [0.1, 0.15) is 28.3 Å². The van der Waals surface area contributed by atoms with Gasteiger partial charge < -0.3 is 14.7 Å². The number of rotatable bonds is 5. The van der Waals surface area contributed by atoms with E-state index < -0.39 is 17.7 Å². The molecule has 1 fully saturated rings. The van der Waals surface area contributed by atoms with Crippen molar-refractivity contribution < 1.29 is 19.4 Å². The zero-order valence-corrected chi connectivity index (χ0v) is 17.4. The van der Waals surface area contributed by atoms with E-state index in [9.17, 15) is 14.7 Å². The molecule has 3 aromatic rings. The second kappa shape index (κ2) is 8.48. The van der Waals surface area contributed by atoms with E-state index in [4.69, 9.17) is 4.74 Å². The first-order chi connectivity index (χ1) is 15.0. The molecule has 1 aliphatic rings. The maximum Gasteiger partial charge on any atom is 0.295 e. The Balaban J connectivity index is 1.83.